The average molecular weight is 325 g/mol. The van der Waals surface area contributed by atoms with Crippen LogP contribution >= 0.6 is 11.8 Å². The summed E-state index contributed by atoms with van der Waals surface area (Å²) in [6.45, 7) is 3.80. The van der Waals surface area contributed by atoms with E-state index in [9.17, 15) is 5.26 Å². The Kier molecular flexibility index (Phi) is 5.51. The highest BCUT2D eigenvalue weighted by Crippen LogP contribution is 2.23. The lowest BCUT2D eigenvalue weighted by Gasteiger charge is -2.25. The van der Waals surface area contributed by atoms with Crippen LogP contribution in [0.3, 0.4) is 0 Å². The van der Waals surface area contributed by atoms with Gasteiger partial charge in [-0.3, -0.25) is 4.90 Å². The number of thioether (sulfide) groups is 1. The van der Waals surface area contributed by atoms with Gasteiger partial charge in [0.25, 0.3) is 0 Å². The molecule has 3 rings (SSSR count). The van der Waals surface area contributed by atoms with Gasteiger partial charge in [0.2, 0.25) is 5.88 Å². The van der Waals surface area contributed by atoms with Gasteiger partial charge in [-0.1, -0.05) is 30.3 Å². The van der Waals surface area contributed by atoms with Gasteiger partial charge in [-0.15, -0.1) is 0 Å². The molecule has 0 atom stereocenters. The van der Waals surface area contributed by atoms with Gasteiger partial charge in [-0.05, 0) is 6.07 Å². The van der Waals surface area contributed by atoms with Crippen molar-refractivity contribution in [2.24, 2.45) is 0 Å². The van der Waals surface area contributed by atoms with E-state index in [0.717, 1.165) is 25.2 Å². The predicted octanol–water partition coefficient (Wildman–Crippen LogP) is 3.05. The van der Waals surface area contributed by atoms with Crippen molar-refractivity contribution in [1.29, 1.82) is 5.26 Å². The second kappa shape index (κ2) is 8.00. The van der Waals surface area contributed by atoms with Crippen molar-refractivity contribution in [3.63, 3.8) is 0 Å². The minimum absolute atomic E-state index is 0.566. The molecule has 0 aliphatic carbocycles. The van der Waals surface area contributed by atoms with Crippen molar-refractivity contribution in [2.45, 2.75) is 0 Å². The molecular formula is C18H19N3OS. The largest absolute Gasteiger partial charge is 0.476 e. The summed E-state index contributed by atoms with van der Waals surface area (Å²) < 4.78 is 5.80. The minimum Gasteiger partial charge on any atom is -0.476 e. The Labute approximate surface area is 141 Å². The second-order valence-corrected chi connectivity index (χ2v) is 6.55. The standard InChI is InChI=1S/C18H19N3OS/c19-14-16-6-7-17(20-18(16)15-4-2-1-3-5-15)22-11-8-21-9-12-23-13-10-21/h1-7H,8-13H2. The average Bonchev–Trinajstić information content (AvgIpc) is 2.63. The molecule has 0 unspecified atom stereocenters. The molecule has 0 N–H and O–H groups in total. The fourth-order valence-electron chi connectivity index (χ4n) is 2.53. The molecule has 2 heterocycles. The van der Waals surface area contributed by atoms with Crippen LogP contribution < -0.4 is 4.74 Å². The molecule has 0 bridgehead atoms. The number of aromatic nitrogens is 1. The van der Waals surface area contributed by atoms with E-state index >= 15 is 0 Å². The third-order valence-corrected chi connectivity index (χ3v) is 4.74. The van der Waals surface area contributed by atoms with Crippen molar-refractivity contribution in [3.05, 3.63) is 48.0 Å². The van der Waals surface area contributed by atoms with Crippen LogP contribution in [0, 0.1) is 11.3 Å². The fraction of sp³-hybridized carbons (Fsp3) is 0.333. The number of hydrogen-bond acceptors (Lipinski definition) is 5. The first-order valence-corrected chi connectivity index (χ1v) is 8.92. The highest BCUT2D eigenvalue weighted by Gasteiger charge is 2.11. The zero-order chi connectivity index (χ0) is 15.9. The number of pyridine rings is 1. The van der Waals surface area contributed by atoms with Gasteiger partial charge in [-0.2, -0.15) is 17.0 Å². The zero-order valence-corrected chi connectivity index (χ0v) is 13.8. The topological polar surface area (TPSA) is 49.1 Å². The van der Waals surface area contributed by atoms with E-state index in [1.54, 1.807) is 12.1 Å². The quantitative estimate of drug-likeness (QED) is 0.845. The van der Waals surface area contributed by atoms with Crippen LogP contribution in [0.2, 0.25) is 0 Å². The fourth-order valence-corrected chi connectivity index (χ4v) is 3.51. The normalized spacial score (nSPS) is 15.1. The van der Waals surface area contributed by atoms with Gasteiger partial charge in [-0.25, -0.2) is 4.98 Å². The monoisotopic (exact) mass is 325 g/mol. The number of hydrogen-bond donors (Lipinski definition) is 0. The van der Waals surface area contributed by atoms with Gasteiger partial charge in [0, 0.05) is 42.8 Å². The molecule has 1 aliphatic heterocycles. The minimum atomic E-state index is 0.566. The second-order valence-electron chi connectivity index (χ2n) is 5.33. The van der Waals surface area contributed by atoms with Crippen molar-refractivity contribution < 1.29 is 4.74 Å². The number of nitrogens with zero attached hydrogens (tertiary/aromatic N) is 3. The molecule has 1 fully saturated rings. The highest BCUT2D eigenvalue weighted by molar-refractivity contribution is 7.99. The van der Waals surface area contributed by atoms with Crippen LogP contribution in [0.1, 0.15) is 5.56 Å². The number of rotatable bonds is 5. The summed E-state index contributed by atoms with van der Waals surface area (Å²) in [4.78, 5) is 6.94. The Morgan fingerprint density at radius 2 is 1.91 bits per heavy atom. The molecule has 0 spiro atoms. The number of nitriles is 1. The molecule has 1 aromatic carbocycles. The summed E-state index contributed by atoms with van der Waals surface area (Å²) in [7, 11) is 0. The van der Waals surface area contributed by atoms with Crippen molar-refractivity contribution in [3.8, 4) is 23.2 Å². The molecule has 23 heavy (non-hydrogen) atoms. The zero-order valence-electron chi connectivity index (χ0n) is 12.9. The molecule has 1 saturated heterocycles. The van der Waals surface area contributed by atoms with Gasteiger partial charge >= 0.3 is 0 Å². The summed E-state index contributed by atoms with van der Waals surface area (Å²) in [5.41, 5.74) is 2.18. The first-order valence-electron chi connectivity index (χ1n) is 7.76. The molecule has 1 aromatic heterocycles. The Morgan fingerprint density at radius 3 is 2.65 bits per heavy atom. The predicted molar refractivity (Wildman–Crippen MR) is 93.6 cm³/mol. The lowest BCUT2D eigenvalue weighted by molar-refractivity contribution is 0.217. The number of benzene rings is 1. The summed E-state index contributed by atoms with van der Waals surface area (Å²) in [6, 6.07) is 15.5. The third kappa shape index (κ3) is 4.25. The highest BCUT2D eigenvalue weighted by atomic mass is 32.2. The van der Waals surface area contributed by atoms with Crippen LogP contribution in [-0.4, -0.2) is 47.6 Å². The lowest BCUT2D eigenvalue weighted by Crippen LogP contribution is -2.35. The third-order valence-electron chi connectivity index (χ3n) is 3.80. The Hall–Kier alpha value is -2.03. The Bertz CT molecular complexity index is 678. The summed E-state index contributed by atoms with van der Waals surface area (Å²) in [6.07, 6.45) is 0. The molecular weight excluding hydrogens is 306 g/mol. The van der Waals surface area contributed by atoms with Crippen LogP contribution in [0.25, 0.3) is 11.3 Å². The Morgan fingerprint density at radius 1 is 1.13 bits per heavy atom. The van der Waals surface area contributed by atoms with Crippen LogP contribution in [0.5, 0.6) is 5.88 Å². The van der Waals surface area contributed by atoms with Crippen molar-refractivity contribution in [2.75, 3.05) is 37.7 Å². The van der Waals surface area contributed by atoms with Gasteiger partial charge < -0.3 is 4.74 Å². The van der Waals surface area contributed by atoms with Crippen molar-refractivity contribution >= 4 is 11.8 Å². The van der Waals surface area contributed by atoms with E-state index in [2.05, 4.69) is 16.0 Å². The number of ether oxygens (including phenoxy) is 1. The molecule has 118 valence electrons. The molecule has 1 aliphatic rings. The van der Waals surface area contributed by atoms with E-state index < -0.39 is 0 Å². The maximum atomic E-state index is 9.28. The maximum Gasteiger partial charge on any atom is 0.213 e. The van der Waals surface area contributed by atoms with E-state index in [1.807, 2.05) is 42.1 Å². The van der Waals surface area contributed by atoms with Crippen molar-refractivity contribution in [1.82, 2.24) is 9.88 Å². The van der Waals surface area contributed by atoms with E-state index in [0.29, 0.717) is 23.7 Å². The van der Waals surface area contributed by atoms with E-state index in [4.69, 9.17) is 4.74 Å². The van der Waals surface area contributed by atoms with Crippen LogP contribution in [0.4, 0.5) is 0 Å². The smallest absolute Gasteiger partial charge is 0.213 e. The Balaban J connectivity index is 1.67. The van der Waals surface area contributed by atoms with Gasteiger partial charge in [0.05, 0.1) is 11.3 Å². The van der Waals surface area contributed by atoms with Gasteiger partial charge in [0.1, 0.15) is 12.7 Å². The molecule has 2 aromatic rings. The SMILES string of the molecule is N#Cc1ccc(OCCN2CCSCC2)nc1-c1ccccc1. The van der Waals surface area contributed by atoms with Gasteiger partial charge in [0.15, 0.2) is 0 Å². The summed E-state index contributed by atoms with van der Waals surface area (Å²) in [5.74, 6) is 2.98. The molecule has 0 radical (unpaired) electrons. The van der Waals surface area contributed by atoms with Crippen LogP contribution in [-0.2, 0) is 0 Å². The molecule has 0 amide bonds. The maximum absolute atomic E-state index is 9.28. The molecule has 4 nitrogen and oxygen atoms in total. The summed E-state index contributed by atoms with van der Waals surface area (Å²) >= 11 is 2.01. The molecule has 0 saturated carbocycles. The van der Waals surface area contributed by atoms with E-state index in [1.165, 1.54) is 11.5 Å². The van der Waals surface area contributed by atoms with E-state index in [-0.39, 0.29) is 0 Å². The van der Waals surface area contributed by atoms with Crippen LogP contribution in [0.15, 0.2) is 42.5 Å². The summed E-state index contributed by atoms with van der Waals surface area (Å²) in [5, 5.41) is 9.28. The molecule has 5 heteroatoms. The lowest BCUT2D eigenvalue weighted by atomic mass is 10.1. The first kappa shape index (κ1) is 15.9. The first-order chi connectivity index (χ1) is 11.4.